The molecule has 4 nitrogen and oxygen atoms in total. The molecule has 0 aromatic carbocycles. The summed E-state index contributed by atoms with van der Waals surface area (Å²) in [5.74, 6) is -0.182. The third kappa shape index (κ3) is 5.24. The fourth-order valence-electron chi connectivity index (χ4n) is 1.66. The van der Waals surface area contributed by atoms with Crippen molar-refractivity contribution < 1.29 is 22.7 Å². The number of alkyl halides is 3. The number of rotatable bonds is 7. The van der Waals surface area contributed by atoms with Gasteiger partial charge in [-0.25, -0.2) is 0 Å². The van der Waals surface area contributed by atoms with Crippen molar-refractivity contribution in [3.05, 3.63) is 15.9 Å². The molecule has 0 radical (unpaired) electrons. The van der Waals surface area contributed by atoms with Crippen molar-refractivity contribution in [1.82, 2.24) is 9.78 Å². The molecule has 0 saturated carbocycles. The Hall–Kier alpha value is -0.890. The van der Waals surface area contributed by atoms with Gasteiger partial charge in [0.2, 0.25) is 0 Å². The SMILES string of the molecule is CCc1nn(C)c(CC(=O)CCOCC(F)(F)F)c1Br. The van der Waals surface area contributed by atoms with Gasteiger partial charge in [-0.15, -0.1) is 0 Å². The smallest absolute Gasteiger partial charge is 0.372 e. The zero-order valence-corrected chi connectivity index (χ0v) is 12.8. The van der Waals surface area contributed by atoms with E-state index in [9.17, 15) is 18.0 Å². The van der Waals surface area contributed by atoms with Crippen LogP contribution in [-0.4, -0.2) is 35.0 Å². The van der Waals surface area contributed by atoms with Crippen LogP contribution >= 0.6 is 15.9 Å². The number of carbonyl (C=O) groups is 1. The second-order valence-electron chi connectivity index (χ2n) is 4.32. The quantitative estimate of drug-likeness (QED) is 0.705. The highest BCUT2D eigenvalue weighted by molar-refractivity contribution is 9.10. The number of Topliss-reactive ketones (excluding diaryl/α,β-unsaturated/α-hetero) is 1. The maximum Gasteiger partial charge on any atom is 0.411 e. The summed E-state index contributed by atoms with van der Waals surface area (Å²) in [6.45, 7) is 0.397. The molecule has 1 aromatic rings. The summed E-state index contributed by atoms with van der Waals surface area (Å²) in [5.41, 5.74) is 1.58. The van der Waals surface area contributed by atoms with E-state index in [0.717, 1.165) is 22.3 Å². The van der Waals surface area contributed by atoms with E-state index < -0.39 is 12.8 Å². The van der Waals surface area contributed by atoms with Crippen molar-refractivity contribution in [2.45, 2.75) is 32.4 Å². The van der Waals surface area contributed by atoms with Crippen LogP contribution in [0.5, 0.6) is 0 Å². The number of halogens is 4. The Balaban J connectivity index is 2.45. The number of hydrogen-bond donors (Lipinski definition) is 0. The largest absolute Gasteiger partial charge is 0.411 e. The van der Waals surface area contributed by atoms with Crippen LogP contribution in [0.4, 0.5) is 13.2 Å². The minimum atomic E-state index is -4.36. The van der Waals surface area contributed by atoms with E-state index in [0.29, 0.717) is 0 Å². The molecular weight excluding hydrogens is 341 g/mol. The molecule has 0 unspecified atom stereocenters. The summed E-state index contributed by atoms with van der Waals surface area (Å²) in [5, 5.41) is 4.25. The van der Waals surface area contributed by atoms with Crippen molar-refractivity contribution in [2.24, 2.45) is 7.05 Å². The Morgan fingerprint density at radius 3 is 2.60 bits per heavy atom. The first kappa shape index (κ1) is 17.2. The van der Waals surface area contributed by atoms with E-state index in [4.69, 9.17) is 0 Å². The predicted octanol–water partition coefficient (Wildman–Crippen LogP) is 2.83. The van der Waals surface area contributed by atoms with Gasteiger partial charge < -0.3 is 4.74 Å². The Morgan fingerprint density at radius 1 is 1.45 bits per heavy atom. The van der Waals surface area contributed by atoms with Crippen LogP contribution in [0, 0.1) is 0 Å². The molecule has 0 spiro atoms. The molecule has 0 atom stereocenters. The van der Waals surface area contributed by atoms with Gasteiger partial charge in [-0.05, 0) is 22.4 Å². The lowest BCUT2D eigenvalue weighted by Crippen LogP contribution is -2.19. The van der Waals surface area contributed by atoms with E-state index in [1.807, 2.05) is 6.92 Å². The van der Waals surface area contributed by atoms with Gasteiger partial charge >= 0.3 is 6.18 Å². The number of nitrogens with zero attached hydrogens (tertiary/aromatic N) is 2. The highest BCUT2D eigenvalue weighted by Gasteiger charge is 2.27. The molecule has 8 heteroatoms. The van der Waals surface area contributed by atoms with E-state index in [-0.39, 0.29) is 25.2 Å². The van der Waals surface area contributed by atoms with Crippen molar-refractivity contribution in [3.63, 3.8) is 0 Å². The standard InChI is InChI=1S/C12H16BrF3N2O2/c1-3-9-11(13)10(18(2)17-9)6-8(19)4-5-20-7-12(14,15)16/h3-7H2,1-2H3. The van der Waals surface area contributed by atoms with E-state index in [2.05, 4.69) is 25.8 Å². The number of ether oxygens (including phenoxy) is 1. The zero-order valence-electron chi connectivity index (χ0n) is 11.3. The summed E-state index contributed by atoms with van der Waals surface area (Å²) in [4.78, 5) is 11.7. The Bertz CT molecular complexity index is 472. The zero-order chi connectivity index (χ0) is 15.3. The summed E-state index contributed by atoms with van der Waals surface area (Å²) in [6, 6.07) is 0. The van der Waals surface area contributed by atoms with Gasteiger partial charge in [-0.3, -0.25) is 9.48 Å². The van der Waals surface area contributed by atoms with Gasteiger partial charge in [0, 0.05) is 19.9 Å². The lowest BCUT2D eigenvalue weighted by atomic mass is 10.1. The Labute approximate surface area is 123 Å². The number of carbonyl (C=O) groups excluding carboxylic acids is 1. The topological polar surface area (TPSA) is 44.1 Å². The molecule has 0 aliphatic carbocycles. The minimum absolute atomic E-state index is 0.0465. The van der Waals surface area contributed by atoms with Gasteiger partial charge in [-0.1, -0.05) is 6.92 Å². The van der Waals surface area contributed by atoms with Crippen LogP contribution in [0.1, 0.15) is 24.7 Å². The van der Waals surface area contributed by atoms with Gasteiger partial charge in [0.05, 0.1) is 22.5 Å². The number of aryl methyl sites for hydroxylation is 2. The summed E-state index contributed by atoms with van der Waals surface area (Å²) in [6.07, 6.45) is -3.55. The first-order chi connectivity index (χ1) is 9.24. The molecule has 0 saturated heterocycles. The van der Waals surface area contributed by atoms with Crippen LogP contribution in [0.15, 0.2) is 4.47 Å². The maximum absolute atomic E-state index is 11.8. The number of aromatic nitrogens is 2. The first-order valence-corrected chi connectivity index (χ1v) is 6.90. The van der Waals surface area contributed by atoms with E-state index >= 15 is 0 Å². The summed E-state index contributed by atoms with van der Waals surface area (Å²) < 4.78 is 42.3. The third-order valence-corrected chi connectivity index (χ3v) is 3.57. The Kier molecular flexibility index (Phi) is 6.19. The highest BCUT2D eigenvalue weighted by atomic mass is 79.9. The molecule has 0 aliphatic rings. The molecule has 1 rings (SSSR count). The fourth-order valence-corrected chi connectivity index (χ4v) is 2.42. The molecule has 20 heavy (non-hydrogen) atoms. The van der Waals surface area contributed by atoms with Crippen LogP contribution in [-0.2, 0) is 29.4 Å². The van der Waals surface area contributed by atoms with Gasteiger partial charge in [0.25, 0.3) is 0 Å². The maximum atomic E-state index is 11.8. The minimum Gasteiger partial charge on any atom is -0.372 e. The molecule has 0 N–H and O–H groups in total. The highest BCUT2D eigenvalue weighted by Crippen LogP contribution is 2.22. The molecule has 0 aliphatic heterocycles. The molecule has 0 fully saturated rings. The summed E-state index contributed by atoms with van der Waals surface area (Å²) >= 11 is 3.38. The second-order valence-corrected chi connectivity index (χ2v) is 5.11. The molecule has 1 heterocycles. The monoisotopic (exact) mass is 356 g/mol. The molecule has 114 valence electrons. The fraction of sp³-hybridized carbons (Fsp3) is 0.667. The molecule has 1 aromatic heterocycles. The second kappa shape index (κ2) is 7.21. The molecule has 0 bridgehead atoms. The van der Waals surface area contributed by atoms with Crippen molar-refractivity contribution in [1.29, 1.82) is 0 Å². The number of hydrogen-bond acceptors (Lipinski definition) is 3. The summed E-state index contributed by atoms with van der Waals surface area (Å²) in [7, 11) is 1.73. The average molecular weight is 357 g/mol. The van der Waals surface area contributed by atoms with Crippen molar-refractivity contribution in [2.75, 3.05) is 13.2 Å². The van der Waals surface area contributed by atoms with Crippen LogP contribution in [0.2, 0.25) is 0 Å². The normalized spacial score (nSPS) is 11.9. The van der Waals surface area contributed by atoms with Crippen LogP contribution in [0.3, 0.4) is 0 Å². The van der Waals surface area contributed by atoms with Crippen molar-refractivity contribution in [3.8, 4) is 0 Å². The number of ketones is 1. The van der Waals surface area contributed by atoms with E-state index in [1.165, 1.54) is 0 Å². The first-order valence-electron chi connectivity index (χ1n) is 6.11. The lowest BCUT2D eigenvalue weighted by molar-refractivity contribution is -0.174. The molecular formula is C12H16BrF3N2O2. The Morgan fingerprint density at radius 2 is 2.10 bits per heavy atom. The van der Waals surface area contributed by atoms with Crippen LogP contribution in [0.25, 0.3) is 0 Å². The van der Waals surface area contributed by atoms with E-state index in [1.54, 1.807) is 11.7 Å². The van der Waals surface area contributed by atoms with Gasteiger partial charge in [0.1, 0.15) is 12.4 Å². The predicted molar refractivity (Wildman–Crippen MR) is 70.5 cm³/mol. The molecule has 0 amide bonds. The average Bonchev–Trinajstić information content (AvgIpc) is 2.61. The van der Waals surface area contributed by atoms with Gasteiger partial charge in [0.15, 0.2) is 0 Å². The van der Waals surface area contributed by atoms with Gasteiger partial charge in [-0.2, -0.15) is 18.3 Å². The van der Waals surface area contributed by atoms with Crippen molar-refractivity contribution >= 4 is 21.7 Å². The lowest BCUT2D eigenvalue weighted by Gasteiger charge is -2.07. The third-order valence-electron chi connectivity index (χ3n) is 2.66. The van der Waals surface area contributed by atoms with Crippen LogP contribution < -0.4 is 0 Å².